The van der Waals surface area contributed by atoms with Gasteiger partial charge >= 0.3 is 0 Å². The van der Waals surface area contributed by atoms with E-state index in [0.717, 1.165) is 12.1 Å². The Hall–Kier alpha value is -0.120. The minimum Gasteiger partial charge on any atom is -0.300 e. The molecule has 0 saturated carbocycles. The summed E-state index contributed by atoms with van der Waals surface area (Å²) in [5.74, 6) is 0. The fourth-order valence-electron chi connectivity index (χ4n) is 2.14. The first-order chi connectivity index (χ1) is 4.81. The molecule has 0 aromatic heterocycles. The van der Waals surface area contributed by atoms with E-state index >= 15 is 0 Å². The van der Waals surface area contributed by atoms with Gasteiger partial charge in [0.25, 0.3) is 0 Å². The summed E-state index contributed by atoms with van der Waals surface area (Å²) in [5, 5.41) is 2.35. The number of likely N-dealkylation sites (tertiary alicyclic amines) is 1. The van der Waals surface area contributed by atoms with Crippen LogP contribution in [0.3, 0.4) is 0 Å². The summed E-state index contributed by atoms with van der Waals surface area (Å²) in [6.07, 6.45) is 1.36. The lowest BCUT2D eigenvalue weighted by Gasteiger charge is -2.30. The van der Waals surface area contributed by atoms with Crippen molar-refractivity contribution in [3.05, 3.63) is 0 Å². The van der Waals surface area contributed by atoms with Crippen LogP contribution in [0.1, 0.15) is 6.42 Å². The molecule has 0 aromatic carbocycles. The van der Waals surface area contributed by atoms with Gasteiger partial charge < -0.3 is 4.90 Å². The van der Waals surface area contributed by atoms with Gasteiger partial charge in [-0.2, -0.15) is 0 Å². The topological polar surface area (TPSA) is 18.5 Å². The summed E-state index contributed by atoms with van der Waals surface area (Å²) in [6, 6.07) is 1.59. The zero-order valence-electron chi connectivity index (χ0n) is 6.67. The molecule has 58 valence electrons. The average Bonchev–Trinajstić information content (AvgIpc) is 2.44. The van der Waals surface area contributed by atoms with E-state index in [4.69, 9.17) is 0 Å². The van der Waals surface area contributed by atoms with Crippen molar-refractivity contribution in [3.63, 3.8) is 0 Å². The van der Waals surface area contributed by atoms with Gasteiger partial charge in [0.1, 0.15) is 0 Å². The van der Waals surface area contributed by atoms with Gasteiger partial charge in [-0.25, -0.2) is 5.01 Å². The zero-order chi connectivity index (χ0) is 7.14. The zero-order valence-corrected chi connectivity index (χ0v) is 6.67. The standard InChI is InChI=1S/C7H15N3/c1-8-10-5-6-3-7(10)4-9(6)2/h6-8H,3-5H2,1-2H3. The Labute approximate surface area is 62.0 Å². The Bertz CT molecular complexity index is 135. The highest BCUT2D eigenvalue weighted by Gasteiger charge is 2.40. The van der Waals surface area contributed by atoms with Gasteiger partial charge in [-0.3, -0.25) is 5.43 Å². The molecule has 0 aromatic rings. The molecule has 3 nitrogen and oxygen atoms in total. The number of likely N-dealkylation sites (N-methyl/N-ethyl adjacent to an activating group) is 1. The van der Waals surface area contributed by atoms with E-state index in [9.17, 15) is 0 Å². The van der Waals surface area contributed by atoms with Gasteiger partial charge in [-0.1, -0.05) is 0 Å². The van der Waals surface area contributed by atoms with E-state index in [1.807, 2.05) is 7.05 Å². The summed E-state index contributed by atoms with van der Waals surface area (Å²) in [5.41, 5.74) is 3.22. The minimum atomic E-state index is 0.778. The van der Waals surface area contributed by atoms with Gasteiger partial charge in [0.2, 0.25) is 0 Å². The summed E-state index contributed by atoms with van der Waals surface area (Å²) in [6.45, 7) is 2.45. The van der Waals surface area contributed by atoms with Crippen LogP contribution in [0.2, 0.25) is 0 Å². The van der Waals surface area contributed by atoms with Crippen molar-refractivity contribution in [2.45, 2.75) is 18.5 Å². The van der Waals surface area contributed by atoms with Crippen molar-refractivity contribution in [1.29, 1.82) is 0 Å². The Balaban J connectivity index is 2.02. The number of nitrogens with one attached hydrogen (secondary N) is 1. The summed E-state index contributed by atoms with van der Waals surface area (Å²) in [4.78, 5) is 2.46. The number of fused-ring (bicyclic) bond motifs is 2. The van der Waals surface area contributed by atoms with Crippen LogP contribution in [0.5, 0.6) is 0 Å². The third-order valence-corrected chi connectivity index (χ3v) is 2.80. The molecule has 2 saturated heterocycles. The van der Waals surface area contributed by atoms with Crippen LogP contribution in [-0.4, -0.2) is 49.2 Å². The van der Waals surface area contributed by atoms with Crippen LogP contribution in [0.15, 0.2) is 0 Å². The molecule has 0 aliphatic carbocycles. The predicted octanol–water partition coefficient (Wildman–Crippen LogP) is -0.491. The molecule has 2 heterocycles. The maximum atomic E-state index is 3.22. The van der Waals surface area contributed by atoms with Gasteiger partial charge in [0, 0.05) is 25.2 Å². The molecule has 2 rings (SSSR count). The van der Waals surface area contributed by atoms with Crippen molar-refractivity contribution in [1.82, 2.24) is 15.3 Å². The van der Waals surface area contributed by atoms with Crippen LogP contribution in [0, 0.1) is 0 Å². The molecule has 1 N–H and O–H groups in total. The molecule has 0 spiro atoms. The van der Waals surface area contributed by atoms with Crippen LogP contribution >= 0.6 is 0 Å². The van der Waals surface area contributed by atoms with Crippen LogP contribution in [0.4, 0.5) is 0 Å². The first-order valence-corrected chi connectivity index (χ1v) is 3.95. The molecule has 2 aliphatic heterocycles. The Morgan fingerprint density at radius 1 is 1.30 bits per heavy atom. The summed E-state index contributed by atoms with van der Waals surface area (Å²) < 4.78 is 0. The molecule has 2 atom stereocenters. The molecular weight excluding hydrogens is 126 g/mol. The summed E-state index contributed by atoms with van der Waals surface area (Å²) in [7, 11) is 4.23. The second-order valence-electron chi connectivity index (χ2n) is 3.36. The average molecular weight is 141 g/mol. The smallest absolute Gasteiger partial charge is 0.0386 e. The minimum absolute atomic E-state index is 0.778. The van der Waals surface area contributed by atoms with E-state index < -0.39 is 0 Å². The van der Waals surface area contributed by atoms with Gasteiger partial charge in [0.05, 0.1) is 0 Å². The maximum Gasteiger partial charge on any atom is 0.0386 e. The molecular formula is C7H15N3. The lowest BCUT2D eigenvalue weighted by Crippen LogP contribution is -2.49. The van der Waals surface area contributed by atoms with Crippen molar-refractivity contribution < 1.29 is 0 Å². The second kappa shape index (κ2) is 2.19. The normalized spacial score (nSPS) is 41.4. The highest BCUT2D eigenvalue weighted by molar-refractivity contribution is 4.96. The molecule has 0 radical (unpaired) electrons. The molecule has 10 heavy (non-hydrogen) atoms. The van der Waals surface area contributed by atoms with Crippen molar-refractivity contribution in [3.8, 4) is 0 Å². The Morgan fingerprint density at radius 3 is 2.50 bits per heavy atom. The predicted molar refractivity (Wildman–Crippen MR) is 40.6 cm³/mol. The number of rotatable bonds is 1. The first-order valence-electron chi connectivity index (χ1n) is 3.95. The Kier molecular flexibility index (Phi) is 1.44. The third kappa shape index (κ3) is 0.779. The number of hydrazine groups is 1. The van der Waals surface area contributed by atoms with E-state index in [-0.39, 0.29) is 0 Å². The number of piperazine rings is 1. The monoisotopic (exact) mass is 141 g/mol. The lowest BCUT2D eigenvalue weighted by molar-refractivity contribution is 0.110. The fraction of sp³-hybridized carbons (Fsp3) is 1.00. The van der Waals surface area contributed by atoms with E-state index in [2.05, 4.69) is 22.4 Å². The van der Waals surface area contributed by atoms with Crippen LogP contribution < -0.4 is 5.43 Å². The van der Waals surface area contributed by atoms with E-state index in [1.165, 1.54) is 19.5 Å². The lowest BCUT2D eigenvalue weighted by atomic mass is 10.2. The van der Waals surface area contributed by atoms with E-state index in [0.29, 0.717) is 0 Å². The fourth-order valence-corrected chi connectivity index (χ4v) is 2.14. The molecule has 2 unspecified atom stereocenters. The van der Waals surface area contributed by atoms with Gasteiger partial charge in [-0.05, 0) is 20.5 Å². The van der Waals surface area contributed by atoms with Crippen molar-refractivity contribution >= 4 is 0 Å². The van der Waals surface area contributed by atoms with Gasteiger partial charge in [-0.15, -0.1) is 0 Å². The third-order valence-electron chi connectivity index (χ3n) is 2.80. The molecule has 3 heteroatoms. The van der Waals surface area contributed by atoms with Crippen molar-refractivity contribution in [2.24, 2.45) is 0 Å². The highest BCUT2D eigenvalue weighted by Crippen LogP contribution is 2.26. The molecule has 0 amide bonds. The quantitative estimate of drug-likeness (QED) is 0.531. The largest absolute Gasteiger partial charge is 0.300 e. The van der Waals surface area contributed by atoms with Gasteiger partial charge in [0.15, 0.2) is 0 Å². The van der Waals surface area contributed by atoms with E-state index in [1.54, 1.807) is 0 Å². The SMILES string of the molecule is CNN1CC2CC1CN2C. The molecule has 2 aliphatic rings. The highest BCUT2D eigenvalue weighted by atomic mass is 15.6. The number of hydrogen-bond donors (Lipinski definition) is 1. The van der Waals surface area contributed by atoms with Crippen molar-refractivity contribution in [2.75, 3.05) is 27.2 Å². The summed E-state index contributed by atoms with van der Waals surface area (Å²) >= 11 is 0. The number of hydrogen-bond acceptors (Lipinski definition) is 3. The van der Waals surface area contributed by atoms with Crippen LogP contribution in [-0.2, 0) is 0 Å². The maximum absolute atomic E-state index is 3.22. The second-order valence-corrected chi connectivity index (χ2v) is 3.36. The Morgan fingerprint density at radius 2 is 2.10 bits per heavy atom. The molecule has 2 fully saturated rings. The molecule has 2 bridgehead atoms. The first kappa shape index (κ1) is 6.58. The number of nitrogens with zero attached hydrogens (tertiary/aromatic N) is 2. The van der Waals surface area contributed by atoms with Crippen LogP contribution in [0.25, 0.3) is 0 Å².